The molecule has 1 aliphatic heterocycles. The van der Waals surface area contributed by atoms with E-state index in [1.807, 2.05) is 20.8 Å². The summed E-state index contributed by atoms with van der Waals surface area (Å²) < 4.78 is 12.6. The highest BCUT2D eigenvalue weighted by Gasteiger charge is 2.40. The molecule has 0 spiro atoms. The molecule has 1 heterocycles. The van der Waals surface area contributed by atoms with Crippen LogP contribution in [0.1, 0.15) is 35.6 Å². The van der Waals surface area contributed by atoms with E-state index in [9.17, 15) is 9.90 Å². The van der Waals surface area contributed by atoms with Crippen molar-refractivity contribution in [3.05, 3.63) is 22.3 Å². The lowest BCUT2D eigenvalue weighted by atomic mass is 9.87. The van der Waals surface area contributed by atoms with Crippen molar-refractivity contribution in [2.45, 2.75) is 46.1 Å². The minimum Gasteiger partial charge on any atom is -0.507 e. The van der Waals surface area contributed by atoms with Gasteiger partial charge in [0.25, 0.3) is 1.43 Å². The third-order valence-electron chi connectivity index (χ3n) is 3.95. The van der Waals surface area contributed by atoms with Crippen molar-refractivity contribution >= 4 is 5.97 Å². The zero-order valence-electron chi connectivity index (χ0n) is 12.1. The maximum Gasteiger partial charge on any atom is 0.347 e. The first-order chi connectivity index (χ1) is 8.81. The topological polar surface area (TPSA) is 66.8 Å². The molecule has 1 aromatic carbocycles. The molecule has 1 unspecified atom stereocenters. The molecule has 0 aromatic heterocycles. The number of aromatic hydroxyl groups is 1. The van der Waals surface area contributed by atoms with Crippen molar-refractivity contribution in [3.8, 4) is 11.5 Å². The fraction of sp³-hybridized carbons (Fsp3) is 0.500. The fourth-order valence-electron chi connectivity index (χ4n) is 2.39. The monoisotopic (exact) mass is 251 g/mol. The third-order valence-corrected chi connectivity index (χ3v) is 3.95. The SMILES string of the molecule is [2H]OC(=O)C1(C)CCc2c(C)c(O)c(C)c(C)c2O1. The van der Waals surface area contributed by atoms with Crippen LogP contribution in [0.15, 0.2) is 0 Å². The Morgan fingerprint density at radius 2 is 2.00 bits per heavy atom. The molecular weight excluding hydrogens is 232 g/mol. The van der Waals surface area contributed by atoms with Gasteiger partial charge in [-0.2, -0.15) is 0 Å². The van der Waals surface area contributed by atoms with E-state index < -0.39 is 11.6 Å². The summed E-state index contributed by atoms with van der Waals surface area (Å²) in [4.78, 5) is 11.7. The van der Waals surface area contributed by atoms with Crippen LogP contribution >= 0.6 is 0 Å². The number of rotatable bonds is 1. The molecule has 1 aromatic rings. The van der Waals surface area contributed by atoms with E-state index >= 15 is 0 Å². The number of ether oxygens (including phenoxy) is 1. The molecule has 4 heteroatoms. The zero-order chi connectivity index (χ0) is 14.4. The average Bonchev–Trinajstić information content (AvgIpc) is 2.41. The van der Waals surface area contributed by atoms with Crippen LogP contribution < -0.4 is 4.74 Å². The maximum atomic E-state index is 11.7. The number of phenols is 1. The minimum atomic E-state index is -1.13. The smallest absolute Gasteiger partial charge is 0.347 e. The highest BCUT2D eigenvalue weighted by molar-refractivity contribution is 5.78. The van der Waals surface area contributed by atoms with Crippen molar-refractivity contribution in [3.63, 3.8) is 0 Å². The van der Waals surface area contributed by atoms with Crippen molar-refractivity contribution < 1.29 is 19.7 Å². The number of hydrogen-bond donors (Lipinski definition) is 2. The summed E-state index contributed by atoms with van der Waals surface area (Å²) in [5.41, 5.74) is 2.16. The zero-order valence-corrected chi connectivity index (χ0v) is 11.1. The Labute approximate surface area is 108 Å². The first kappa shape index (κ1) is 11.4. The summed E-state index contributed by atoms with van der Waals surface area (Å²) in [5, 5.41) is 14.1. The number of carboxylic acid groups (broad SMARTS) is 1. The number of carboxylic acids is 1. The van der Waals surface area contributed by atoms with Gasteiger partial charge in [0.1, 0.15) is 11.5 Å². The van der Waals surface area contributed by atoms with Gasteiger partial charge in [-0.1, -0.05) is 0 Å². The lowest BCUT2D eigenvalue weighted by Crippen LogP contribution is -2.44. The molecular formula is C14H18O4. The van der Waals surface area contributed by atoms with Crippen molar-refractivity contribution in [2.24, 2.45) is 0 Å². The number of carbonyl (C=O) groups is 1. The van der Waals surface area contributed by atoms with Crippen LogP contribution in [-0.2, 0) is 11.2 Å². The molecule has 4 nitrogen and oxygen atoms in total. The summed E-state index contributed by atoms with van der Waals surface area (Å²) in [7, 11) is 0. The van der Waals surface area contributed by atoms with Crippen LogP contribution in [0.2, 0.25) is 0 Å². The Hall–Kier alpha value is -1.71. The van der Waals surface area contributed by atoms with E-state index in [1.54, 1.807) is 6.92 Å². The molecule has 0 amide bonds. The molecule has 2 rings (SSSR count). The molecule has 0 fully saturated rings. The van der Waals surface area contributed by atoms with Crippen LogP contribution in [-0.4, -0.2) is 21.8 Å². The summed E-state index contributed by atoms with van der Waals surface area (Å²) in [5.74, 6) is 0.222. The van der Waals surface area contributed by atoms with E-state index in [2.05, 4.69) is 5.11 Å². The van der Waals surface area contributed by atoms with Crippen LogP contribution in [0.5, 0.6) is 11.5 Å². The van der Waals surface area contributed by atoms with Crippen molar-refractivity contribution in [1.82, 2.24) is 0 Å². The average molecular weight is 251 g/mol. The highest BCUT2D eigenvalue weighted by Crippen LogP contribution is 2.43. The van der Waals surface area contributed by atoms with E-state index in [-0.39, 0.29) is 5.75 Å². The fourth-order valence-corrected chi connectivity index (χ4v) is 2.39. The number of aliphatic carboxylic acids is 1. The van der Waals surface area contributed by atoms with Crippen molar-refractivity contribution in [2.75, 3.05) is 0 Å². The third kappa shape index (κ3) is 1.64. The predicted molar refractivity (Wildman–Crippen MR) is 67.3 cm³/mol. The molecule has 0 saturated heterocycles. The normalized spacial score (nSPS) is 22.8. The molecule has 18 heavy (non-hydrogen) atoms. The first-order valence-electron chi connectivity index (χ1n) is 6.41. The second kappa shape index (κ2) is 3.90. The summed E-state index contributed by atoms with van der Waals surface area (Å²) >= 11 is 0. The molecule has 0 aliphatic carbocycles. The molecule has 0 radical (unpaired) electrons. The first-order valence-corrected chi connectivity index (χ1v) is 6.00. The number of hydrogen-bond acceptors (Lipinski definition) is 4. The van der Waals surface area contributed by atoms with Gasteiger partial charge in [-0.15, -0.1) is 0 Å². The number of phenolic OH excluding ortho intramolecular Hbond substituents is 1. The second-order valence-electron chi connectivity index (χ2n) is 5.15. The number of benzene rings is 1. The van der Waals surface area contributed by atoms with Gasteiger partial charge in [0.05, 0.1) is 0 Å². The van der Waals surface area contributed by atoms with Gasteiger partial charge in [0.2, 0.25) is 5.60 Å². The van der Waals surface area contributed by atoms with Gasteiger partial charge in [-0.05, 0) is 50.8 Å². The molecule has 0 bridgehead atoms. The Morgan fingerprint density at radius 3 is 2.61 bits per heavy atom. The van der Waals surface area contributed by atoms with Crippen molar-refractivity contribution in [1.29, 1.82) is 1.43 Å². The van der Waals surface area contributed by atoms with Gasteiger partial charge in [-0.3, -0.25) is 0 Å². The quantitative estimate of drug-likeness (QED) is 0.804. The standard InChI is InChI=1S/C14H18O4/c1-7-8(2)12-10(9(3)11(7)15)5-6-14(4,18-12)13(16)17/h15H,5-6H2,1-4H3,(H,16,17)/i/hD. The second-order valence-corrected chi connectivity index (χ2v) is 5.15. The van der Waals surface area contributed by atoms with Gasteiger partial charge in [0.15, 0.2) is 0 Å². The van der Waals surface area contributed by atoms with Crippen LogP contribution in [0.25, 0.3) is 1.43 Å². The lowest BCUT2D eigenvalue weighted by molar-refractivity contribution is -0.155. The Morgan fingerprint density at radius 1 is 1.33 bits per heavy atom. The molecule has 0 saturated carbocycles. The van der Waals surface area contributed by atoms with Gasteiger partial charge >= 0.3 is 5.97 Å². The van der Waals surface area contributed by atoms with E-state index in [4.69, 9.17) is 6.17 Å². The van der Waals surface area contributed by atoms with Gasteiger partial charge in [0, 0.05) is 12.0 Å². The van der Waals surface area contributed by atoms with Crippen LogP contribution in [0.3, 0.4) is 0 Å². The molecule has 98 valence electrons. The molecule has 2 N–H and O–H groups in total. The van der Waals surface area contributed by atoms with Gasteiger partial charge in [-0.25, -0.2) is 4.79 Å². The summed E-state index contributed by atoms with van der Waals surface area (Å²) in [6.07, 6.45) is 1.04. The van der Waals surface area contributed by atoms with E-state index in [1.165, 1.54) is 0 Å². The predicted octanol–water partition coefficient (Wildman–Crippen LogP) is 2.49. The minimum absolute atomic E-state index is 0.284. The Kier molecular flexibility index (Phi) is 2.47. The molecule has 1 atom stereocenters. The summed E-state index contributed by atoms with van der Waals surface area (Å²) in [6, 6.07) is 0. The van der Waals surface area contributed by atoms with Crippen LogP contribution in [0.4, 0.5) is 0 Å². The maximum absolute atomic E-state index is 11.7. The highest BCUT2D eigenvalue weighted by atomic mass is 16.5. The lowest BCUT2D eigenvalue weighted by Gasteiger charge is -2.34. The molecule has 1 aliphatic rings. The van der Waals surface area contributed by atoms with E-state index in [0.717, 1.165) is 22.3 Å². The van der Waals surface area contributed by atoms with Gasteiger partial charge < -0.3 is 15.0 Å². The Balaban J connectivity index is 2.55. The van der Waals surface area contributed by atoms with E-state index in [0.29, 0.717) is 18.6 Å². The summed E-state index contributed by atoms with van der Waals surface area (Å²) in [6.45, 7) is 7.14. The Bertz CT molecular complexity index is 553. The largest absolute Gasteiger partial charge is 0.507 e. The number of fused-ring (bicyclic) bond motifs is 1. The van der Waals surface area contributed by atoms with Crippen LogP contribution in [0, 0.1) is 20.8 Å².